The van der Waals surface area contributed by atoms with Gasteiger partial charge in [0.15, 0.2) is 5.01 Å². The van der Waals surface area contributed by atoms with Crippen molar-refractivity contribution in [1.29, 1.82) is 5.41 Å². The third-order valence-electron chi connectivity index (χ3n) is 6.36. The number of piperazine rings is 1. The number of carboxylic acid groups (broad SMARTS) is 1. The topological polar surface area (TPSA) is 170 Å². The van der Waals surface area contributed by atoms with Crippen molar-refractivity contribution in [3.05, 3.63) is 45.4 Å². The summed E-state index contributed by atoms with van der Waals surface area (Å²) in [5.41, 5.74) is 6.87. The summed E-state index contributed by atoms with van der Waals surface area (Å²) in [5, 5.41) is 21.7. The van der Waals surface area contributed by atoms with E-state index in [0.29, 0.717) is 28.6 Å². The van der Waals surface area contributed by atoms with Crippen LogP contribution in [0.3, 0.4) is 0 Å². The molecule has 5 N–H and O–H groups in total. The zero-order valence-corrected chi connectivity index (χ0v) is 21.7. The monoisotopic (exact) mass is 548 g/mol. The number of aromatic nitrogens is 1. The molecule has 11 nitrogen and oxygen atoms in total. The second-order valence-electron chi connectivity index (χ2n) is 8.82. The number of nitrogens with zero attached hydrogens (tertiary/aromatic N) is 3. The Balaban J connectivity index is 1.38. The third-order valence-corrected chi connectivity index (χ3v) is 10.9. The number of thiazole rings is 1. The number of fused-ring (bicyclic) bond motifs is 2. The largest absolute Gasteiger partial charge is 0.480 e. The number of carbonyl (C=O) groups is 2. The van der Waals surface area contributed by atoms with Crippen LogP contribution < -0.4 is 11.1 Å². The maximum absolute atomic E-state index is 13.4. The number of amides is 1. The SMILES string of the molecule is CC1Cc2nc(C(=O)N3CCN(S(=O)(=O)c4cc5ccc(C(=N)N)cc5s4)CC3C(=O)O)sc2CN1. The van der Waals surface area contributed by atoms with Gasteiger partial charge in [-0.15, -0.1) is 22.7 Å². The fourth-order valence-electron chi connectivity index (χ4n) is 4.38. The number of nitrogen functional groups attached to an aromatic ring is 1. The number of nitrogens with one attached hydrogen (secondary N) is 2. The molecule has 2 unspecified atom stereocenters. The van der Waals surface area contributed by atoms with Gasteiger partial charge in [0.2, 0.25) is 0 Å². The summed E-state index contributed by atoms with van der Waals surface area (Å²) in [6, 6.07) is 5.43. The average molecular weight is 549 g/mol. The number of carbonyl (C=O) groups excluding carboxylic acids is 1. The number of benzene rings is 1. The van der Waals surface area contributed by atoms with Gasteiger partial charge in [-0.25, -0.2) is 18.2 Å². The van der Waals surface area contributed by atoms with Gasteiger partial charge in [-0.2, -0.15) is 4.31 Å². The van der Waals surface area contributed by atoms with Crippen molar-refractivity contribution in [3.63, 3.8) is 0 Å². The lowest BCUT2D eigenvalue weighted by molar-refractivity contribution is -0.143. The lowest BCUT2D eigenvalue weighted by Gasteiger charge is -2.37. The highest BCUT2D eigenvalue weighted by Gasteiger charge is 2.41. The van der Waals surface area contributed by atoms with Gasteiger partial charge in [-0.3, -0.25) is 10.2 Å². The molecular weight excluding hydrogens is 524 g/mol. The van der Waals surface area contributed by atoms with Crippen molar-refractivity contribution in [2.45, 2.75) is 36.2 Å². The van der Waals surface area contributed by atoms with E-state index in [1.807, 2.05) is 6.92 Å². The van der Waals surface area contributed by atoms with E-state index in [1.54, 1.807) is 18.2 Å². The minimum absolute atomic E-state index is 0.0333. The number of nitrogens with two attached hydrogens (primary N) is 1. The molecule has 2 aliphatic rings. The maximum atomic E-state index is 13.4. The van der Waals surface area contributed by atoms with Crippen LogP contribution in [0.15, 0.2) is 28.5 Å². The number of sulfonamides is 1. The molecule has 5 rings (SSSR count). The number of rotatable bonds is 5. The summed E-state index contributed by atoms with van der Waals surface area (Å²) in [6.45, 7) is 2.18. The summed E-state index contributed by atoms with van der Waals surface area (Å²) in [6.07, 6.45) is 0.691. The Morgan fingerprint density at radius 3 is 2.75 bits per heavy atom. The lowest BCUT2D eigenvalue weighted by atomic mass is 10.1. The zero-order valence-electron chi connectivity index (χ0n) is 19.2. The van der Waals surface area contributed by atoms with Crippen LogP contribution in [0.1, 0.15) is 32.9 Å². The van der Waals surface area contributed by atoms with Crippen LogP contribution in [0.2, 0.25) is 0 Å². The molecule has 0 bridgehead atoms. The normalized spacial score (nSPS) is 20.9. The van der Waals surface area contributed by atoms with E-state index in [2.05, 4.69) is 10.3 Å². The van der Waals surface area contributed by atoms with Crippen molar-refractivity contribution in [3.8, 4) is 0 Å². The summed E-state index contributed by atoms with van der Waals surface area (Å²) in [7, 11) is -4.00. The van der Waals surface area contributed by atoms with Crippen LogP contribution >= 0.6 is 22.7 Å². The molecule has 0 spiro atoms. The highest BCUT2D eigenvalue weighted by molar-refractivity contribution is 7.91. The van der Waals surface area contributed by atoms with E-state index in [1.165, 1.54) is 22.3 Å². The van der Waals surface area contributed by atoms with Gasteiger partial charge in [0, 0.05) is 53.8 Å². The number of hydrogen-bond acceptors (Lipinski definition) is 9. The molecule has 3 aromatic rings. The molecule has 4 heterocycles. The summed E-state index contributed by atoms with van der Waals surface area (Å²) >= 11 is 2.28. The Labute approximate surface area is 215 Å². The van der Waals surface area contributed by atoms with Gasteiger partial charge in [0.25, 0.3) is 15.9 Å². The number of amidine groups is 1. The second kappa shape index (κ2) is 9.19. The van der Waals surface area contributed by atoms with Gasteiger partial charge < -0.3 is 21.1 Å². The molecule has 2 atom stereocenters. The Bertz CT molecular complexity index is 1500. The van der Waals surface area contributed by atoms with Crippen molar-refractivity contribution in [1.82, 2.24) is 19.5 Å². The molecule has 190 valence electrons. The van der Waals surface area contributed by atoms with Gasteiger partial charge in [0.1, 0.15) is 16.1 Å². The van der Waals surface area contributed by atoms with E-state index >= 15 is 0 Å². The van der Waals surface area contributed by atoms with Crippen LogP contribution in [0.25, 0.3) is 10.1 Å². The fraction of sp³-hybridized carbons (Fsp3) is 0.364. The first kappa shape index (κ1) is 24.8. The number of thiophene rings is 1. The van der Waals surface area contributed by atoms with Crippen LogP contribution in [-0.2, 0) is 27.8 Å². The molecule has 2 aliphatic heterocycles. The quantitative estimate of drug-likeness (QED) is 0.273. The predicted octanol–water partition coefficient (Wildman–Crippen LogP) is 1.28. The fourth-order valence-corrected chi connectivity index (χ4v) is 8.41. The number of carboxylic acids is 1. The minimum Gasteiger partial charge on any atom is -0.480 e. The standard InChI is InChI=1S/C22H24N6O5S3/c1-11-6-14-17(9-25-11)35-20(26-14)21(29)28-5-4-27(10-15(28)22(30)31)36(32,33)18-8-12-2-3-13(19(23)24)7-16(12)34-18/h2-3,7-8,11,15,25H,4-6,9-10H2,1H3,(H3,23,24)(H,30,31). The minimum atomic E-state index is -4.00. The summed E-state index contributed by atoms with van der Waals surface area (Å²) in [4.78, 5) is 32.0. The van der Waals surface area contributed by atoms with Gasteiger partial charge >= 0.3 is 5.97 Å². The molecule has 14 heteroatoms. The van der Waals surface area contributed by atoms with Crippen molar-refractivity contribution < 1.29 is 23.1 Å². The Hall–Kier alpha value is -2.91. The molecule has 0 radical (unpaired) electrons. The van der Waals surface area contributed by atoms with Crippen LogP contribution in [-0.4, -0.2) is 77.1 Å². The van der Waals surface area contributed by atoms with E-state index in [9.17, 15) is 23.1 Å². The molecule has 1 saturated heterocycles. The first-order valence-corrected chi connectivity index (χ1v) is 14.3. The van der Waals surface area contributed by atoms with E-state index < -0.39 is 27.9 Å². The third kappa shape index (κ3) is 4.39. The summed E-state index contributed by atoms with van der Waals surface area (Å²) < 4.78 is 28.7. The molecule has 1 amide bonds. The van der Waals surface area contributed by atoms with Crippen LogP contribution in [0.5, 0.6) is 0 Å². The lowest BCUT2D eigenvalue weighted by Crippen LogP contribution is -2.59. The zero-order chi connectivity index (χ0) is 25.8. The average Bonchev–Trinajstić information content (AvgIpc) is 3.46. The van der Waals surface area contributed by atoms with Crippen LogP contribution in [0, 0.1) is 5.41 Å². The van der Waals surface area contributed by atoms with E-state index in [-0.39, 0.29) is 40.7 Å². The van der Waals surface area contributed by atoms with E-state index in [4.69, 9.17) is 11.1 Å². The predicted molar refractivity (Wildman–Crippen MR) is 136 cm³/mol. The Morgan fingerprint density at radius 1 is 1.25 bits per heavy atom. The molecule has 0 aliphatic carbocycles. The smallest absolute Gasteiger partial charge is 0.327 e. The van der Waals surface area contributed by atoms with Crippen molar-refractivity contribution in [2.24, 2.45) is 5.73 Å². The molecule has 0 saturated carbocycles. The van der Waals surface area contributed by atoms with Gasteiger partial charge in [-0.1, -0.05) is 12.1 Å². The van der Waals surface area contributed by atoms with Gasteiger partial charge in [0.05, 0.1) is 5.69 Å². The first-order chi connectivity index (χ1) is 17.0. The number of aliphatic carboxylic acids is 1. The maximum Gasteiger partial charge on any atom is 0.327 e. The Kier molecular flexibility index (Phi) is 6.32. The van der Waals surface area contributed by atoms with E-state index in [0.717, 1.165) is 26.2 Å². The first-order valence-electron chi connectivity index (χ1n) is 11.2. The van der Waals surface area contributed by atoms with Crippen molar-refractivity contribution >= 4 is 60.5 Å². The molecule has 1 fully saturated rings. The Morgan fingerprint density at radius 2 is 2.03 bits per heavy atom. The number of hydrogen-bond donors (Lipinski definition) is 4. The van der Waals surface area contributed by atoms with Crippen molar-refractivity contribution in [2.75, 3.05) is 19.6 Å². The second-order valence-corrected chi connectivity index (χ2v) is 13.2. The molecular formula is C22H24N6O5S3. The van der Waals surface area contributed by atoms with Gasteiger partial charge in [-0.05, 0) is 24.4 Å². The molecule has 1 aromatic carbocycles. The van der Waals surface area contributed by atoms with Crippen LogP contribution in [0.4, 0.5) is 0 Å². The summed E-state index contributed by atoms with van der Waals surface area (Å²) in [5.74, 6) is -1.89. The highest BCUT2D eigenvalue weighted by atomic mass is 32.2. The highest BCUT2D eigenvalue weighted by Crippen LogP contribution is 2.33. The molecule has 36 heavy (non-hydrogen) atoms. The molecule has 2 aromatic heterocycles.